The molecule has 3 heteroatoms. The van der Waals surface area contributed by atoms with Gasteiger partial charge in [-0.15, -0.1) is 0 Å². The Balaban J connectivity index is 1.91. The summed E-state index contributed by atoms with van der Waals surface area (Å²) in [6, 6.07) is 0.532. The predicted molar refractivity (Wildman–Crippen MR) is 78.8 cm³/mol. The highest BCUT2D eigenvalue weighted by atomic mass is 16.2. The van der Waals surface area contributed by atoms with E-state index in [4.69, 9.17) is 5.73 Å². The molecule has 0 aromatic heterocycles. The van der Waals surface area contributed by atoms with Gasteiger partial charge in [-0.05, 0) is 45.1 Å². The number of nitrogens with two attached hydrogens (primary N) is 1. The third-order valence-electron chi connectivity index (χ3n) is 4.86. The molecule has 0 radical (unpaired) electrons. The van der Waals surface area contributed by atoms with Crippen molar-refractivity contribution in [2.24, 2.45) is 11.7 Å². The Bertz CT molecular complexity index is 268. The van der Waals surface area contributed by atoms with Crippen LogP contribution in [-0.4, -0.2) is 29.9 Å². The van der Waals surface area contributed by atoms with Crippen LogP contribution in [0, 0.1) is 5.92 Å². The number of rotatable bonds is 5. The van der Waals surface area contributed by atoms with Crippen LogP contribution in [0.4, 0.5) is 0 Å². The molecule has 0 heterocycles. The summed E-state index contributed by atoms with van der Waals surface area (Å²) in [6.45, 7) is 1.58. The molecule has 0 aromatic rings. The first-order valence-electron chi connectivity index (χ1n) is 8.33. The van der Waals surface area contributed by atoms with E-state index in [0.717, 1.165) is 25.8 Å². The number of amides is 1. The molecule has 110 valence electrons. The number of carbonyl (C=O) groups is 1. The molecule has 3 nitrogen and oxygen atoms in total. The van der Waals surface area contributed by atoms with E-state index < -0.39 is 0 Å². The normalized spacial score (nSPS) is 22.4. The van der Waals surface area contributed by atoms with Gasteiger partial charge in [0.2, 0.25) is 5.91 Å². The van der Waals surface area contributed by atoms with Crippen molar-refractivity contribution in [2.45, 2.75) is 76.7 Å². The van der Waals surface area contributed by atoms with Gasteiger partial charge in [-0.25, -0.2) is 0 Å². The summed E-state index contributed by atoms with van der Waals surface area (Å²) >= 11 is 0. The SMILES string of the molecule is NCCCN(C(=O)C1CCCCCCC1)C1CCC1. The van der Waals surface area contributed by atoms with E-state index in [1.807, 2.05) is 0 Å². The Hall–Kier alpha value is -0.570. The second-order valence-electron chi connectivity index (χ2n) is 6.30. The van der Waals surface area contributed by atoms with Crippen LogP contribution in [0.1, 0.15) is 70.6 Å². The molecule has 2 aliphatic carbocycles. The first-order chi connectivity index (χ1) is 9.33. The molecule has 0 spiro atoms. The van der Waals surface area contributed by atoms with Crippen molar-refractivity contribution < 1.29 is 4.79 Å². The van der Waals surface area contributed by atoms with Gasteiger partial charge in [0.05, 0.1) is 0 Å². The molecule has 0 aromatic carbocycles. The number of carbonyl (C=O) groups excluding carboxylic acids is 1. The summed E-state index contributed by atoms with van der Waals surface area (Å²) in [4.78, 5) is 15.0. The Morgan fingerprint density at radius 3 is 2.11 bits per heavy atom. The van der Waals surface area contributed by atoms with Crippen LogP contribution in [0.5, 0.6) is 0 Å². The standard InChI is InChI=1S/C16H30N2O/c17-12-7-13-18(15-10-6-11-15)16(19)14-8-4-2-1-3-5-9-14/h14-15H,1-13,17H2. The summed E-state index contributed by atoms with van der Waals surface area (Å²) in [7, 11) is 0. The lowest BCUT2D eigenvalue weighted by molar-refractivity contribution is -0.140. The zero-order valence-corrected chi connectivity index (χ0v) is 12.3. The largest absolute Gasteiger partial charge is 0.339 e. The molecule has 0 bridgehead atoms. The fourth-order valence-corrected chi connectivity index (χ4v) is 3.37. The summed E-state index contributed by atoms with van der Waals surface area (Å²) < 4.78 is 0. The van der Waals surface area contributed by atoms with Gasteiger partial charge in [-0.2, -0.15) is 0 Å². The van der Waals surface area contributed by atoms with Gasteiger partial charge < -0.3 is 10.6 Å². The van der Waals surface area contributed by atoms with E-state index in [1.165, 1.54) is 51.4 Å². The first-order valence-corrected chi connectivity index (χ1v) is 8.33. The Morgan fingerprint density at radius 2 is 1.58 bits per heavy atom. The molecule has 0 saturated heterocycles. The van der Waals surface area contributed by atoms with Gasteiger partial charge in [-0.1, -0.05) is 32.1 Å². The van der Waals surface area contributed by atoms with Crippen molar-refractivity contribution in [3.63, 3.8) is 0 Å². The van der Waals surface area contributed by atoms with Crippen molar-refractivity contribution in [1.29, 1.82) is 0 Å². The number of nitrogens with zero attached hydrogens (tertiary/aromatic N) is 1. The number of hydrogen-bond acceptors (Lipinski definition) is 2. The highest BCUT2D eigenvalue weighted by molar-refractivity contribution is 5.79. The second kappa shape index (κ2) is 7.88. The second-order valence-corrected chi connectivity index (χ2v) is 6.30. The van der Waals surface area contributed by atoms with Crippen molar-refractivity contribution in [1.82, 2.24) is 4.90 Å². The van der Waals surface area contributed by atoms with E-state index in [0.29, 0.717) is 24.4 Å². The fourth-order valence-electron chi connectivity index (χ4n) is 3.37. The van der Waals surface area contributed by atoms with E-state index in [2.05, 4.69) is 4.90 Å². The van der Waals surface area contributed by atoms with Crippen LogP contribution in [0.3, 0.4) is 0 Å². The van der Waals surface area contributed by atoms with Crippen LogP contribution >= 0.6 is 0 Å². The van der Waals surface area contributed by atoms with Crippen molar-refractivity contribution in [3.05, 3.63) is 0 Å². The third-order valence-corrected chi connectivity index (χ3v) is 4.86. The molecule has 19 heavy (non-hydrogen) atoms. The van der Waals surface area contributed by atoms with Crippen LogP contribution < -0.4 is 5.73 Å². The highest BCUT2D eigenvalue weighted by Crippen LogP contribution is 2.30. The molecule has 2 aliphatic rings. The summed E-state index contributed by atoms with van der Waals surface area (Å²) in [5, 5.41) is 0. The van der Waals surface area contributed by atoms with Crippen LogP contribution in [0.25, 0.3) is 0 Å². The zero-order valence-electron chi connectivity index (χ0n) is 12.3. The van der Waals surface area contributed by atoms with Crippen molar-refractivity contribution >= 4 is 5.91 Å². The molecule has 0 unspecified atom stereocenters. The monoisotopic (exact) mass is 266 g/mol. The van der Waals surface area contributed by atoms with Crippen LogP contribution in [0.2, 0.25) is 0 Å². The van der Waals surface area contributed by atoms with Gasteiger partial charge in [0.25, 0.3) is 0 Å². The minimum atomic E-state index is 0.304. The molecule has 2 N–H and O–H groups in total. The average Bonchev–Trinajstić information content (AvgIpc) is 2.31. The smallest absolute Gasteiger partial charge is 0.225 e. The molecule has 0 atom stereocenters. The van der Waals surface area contributed by atoms with E-state index in [-0.39, 0.29) is 0 Å². The van der Waals surface area contributed by atoms with Gasteiger partial charge in [0.15, 0.2) is 0 Å². The van der Waals surface area contributed by atoms with E-state index >= 15 is 0 Å². The van der Waals surface area contributed by atoms with E-state index in [9.17, 15) is 4.79 Å². The van der Waals surface area contributed by atoms with E-state index in [1.54, 1.807) is 0 Å². The highest BCUT2D eigenvalue weighted by Gasteiger charge is 2.32. The zero-order chi connectivity index (χ0) is 13.5. The topological polar surface area (TPSA) is 46.3 Å². The molecule has 2 saturated carbocycles. The lowest BCUT2D eigenvalue weighted by Crippen LogP contribution is -2.47. The Labute approximate surface area is 117 Å². The van der Waals surface area contributed by atoms with Crippen LogP contribution in [-0.2, 0) is 4.79 Å². The number of hydrogen-bond donors (Lipinski definition) is 1. The lowest BCUT2D eigenvalue weighted by atomic mass is 9.86. The molecule has 2 fully saturated rings. The maximum absolute atomic E-state index is 12.8. The summed E-state index contributed by atoms with van der Waals surface area (Å²) in [5.41, 5.74) is 5.62. The van der Waals surface area contributed by atoms with Gasteiger partial charge in [-0.3, -0.25) is 4.79 Å². The van der Waals surface area contributed by atoms with Gasteiger partial charge in [0, 0.05) is 18.5 Å². The summed E-state index contributed by atoms with van der Waals surface area (Å²) in [6.07, 6.45) is 13.4. The van der Waals surface area contributed by atoms with Crippen molar-refractivity contribution in [3.8, 4) is 0 Å². The van der Waals surface area contributed by atoms with Gasteiger partial charge >= 0.3 is 0 Å². The third kappa shape index (κ3) is 4.20. The fraction of sp³-hybridized carbons (Fsp3) is 0.938. The average molecular weight is 266 g/mol. The van der Waals surface area contributed by atoms with Crippen molar-refractivity contribution in [2.75, 3.05) is 13.1 Å². The first kappa shape index (κ1) is 14.8. The minimum Gasteiger partial charge on any atom is -0.339 e. The quantitative estimate of drug-likeness (QED) is 0.831. The van der Waals surface area contributed by atoms with Gasteiger partial charge in [0.1, 0.15) is 0 Å². The maximum Gasteiger partial charge on any atom is 0.225 e. The Kier molecular flexibility index (Phi) is 6.15. The molecular weight excluding hydrogens is 236 g/mol. The molecule has 0 aliphatic heterocycles. The minimum absolute atomic E-state index is 0.304. The Morgan fingerprint density at radius 1 is 0.947 bits per heavy atom. The molecule has 2 rings (SSSR count). The lowest BCUT2D eigenvalue weighted by Gasteiger charge is -2.40. The summed E-state index contributed by atoms with van der Waals surface area (Å²) in [5.74, 6) is 0.749. The van der Waals surface area contributed by atoms with Crippen LogP contribution in [0.15, 0.2) is 0 Å². The maximum atomic E-state index is 12.8. The predicted octanol–water partition coefficient (Wildman–Crippen LogP) is 3.08. The molecular formula is C16H30N2O. The molecule has 1 amide bonds.